The molecule has 0 aliphatic rings. The number of esters is 3. The SMILES string of the molecule is CC/C=C\C/C=C\C/C=C\C/C=C\C/C=C\C/C=C\C/C=C\CCCCCCCCCC(=O)OCC(COC(=O)CCCCCCCCCCCCC)OC(=O)CCCCC/C=C\C/C=C\C/C=C\C/C=C\C/C=C\C/C=C\C/C=C\CC. The summed E-state index contributed by atoms with van der Waals surface area (Å²) in [4.78, 5) is 38.3. The maximum absolute atomic E-state index is 12.9. The Bertz CT molecular complexity index is 1890. The van der Waals surface area contributed by atoms with Gasteiger partial charge in [-0.1, -0.05) is 294 Å². The van der Waals surface area contributed by atoms with Crippen molar-refractivity contribution in [1.82, 2.24) is 0 Å². The van der Waals surface area contributed by atoms with Crippen LogP contribution in [0, 0.1) is 0 Å². The van der Waals surface area contributed by atoms with Crippen LogP contribution in [0.5, 0.6) is 0 Å². The van der Waals surface area contributed by atoms with E-state index in [0.717, 1.165) is 154 Å². The fourth-order valence-corrected chi connectivity index (χ4v) is 8.76. The fourth-order valence-electron chi connectivity index (χ4n) is 8.76. The largest absolute Gasteiger partial charge is 0.462 e. The van der Waals surface area contributed by atoms with E-state index in [2.05, 4.69) is 191 Å². The average molecular weight is 1140 g/mol. The molecule has 6 heteroatoms. The Kier molecular flexibility index (Phi) is 64.9. The number of hydrogen-bond donors (Lipinski definition) is 0. The first-order valence-electron chi connectivity index (χ1n) is 33.6. The van der Waals surface area contributed by atoms with Crippen molar-refractivity contribution in [2.45, 2.75) is 284 Å². The first-order valence-corrected chi connectivity index (χ1v) is 33.6. The van der Waals surface area contributed by atoms with Gasteiger partial charge in [-0.2, -0.15) is 0 Å². The van der Waals surface area contributed by atoms with Gasteiger partial charge >= 0.3 is 17.9 Å². The summed E-state index contributed by atoms with van der Waals surface area (Å²) >= 11 is 0. The van der Waals surface area contributed by atoms with Gasteiger partial charge in [0.05, 0.1) is 0 Å². The lowest BCUT2D eigenvalue weighted by atomic mass is 10.1. The van der Waals surface area contributed by atoms with E-state index in [4.69, 9.17) is 14.2 Å². The molecule has 83 heavy (non-hydrogen) atoms. The molecule has 0 aromatic rings. The van der Waals surface area contributed by atoms with E-state index in [9.17, 15) is 14.4 Å². The minimum absolute atomic E-state index is 0.100. The first-order chi connectivity index (χ1) is 41.0. The Balaban J connectivity index is 4.40. The van der Waals surface area contributed by atoms with Crippen LogP contribution in [-0.2, 0) is 28.6 Å². The van der Waals surface area contributed by atoms with Crippen LogP contribution >= 0.6 is 0 Å². The molecule has 1 unspecified atom stereocenters. The van der Waals surface area contributed by atoms with Gasteiger partial charge in [-0.05, 0) is 135 Å². The number of carbonyl (C=O) groups excluding carboxylic acids is 3. The van der Waals surface area contributed by atoms with Crippen LogP contribution < -0.4 is 0 Å². The molecule has 0 aromatic heterocycles. The number of ether oxygens (including phenoxy) is 3. The minimum Gasteiger partial charge on any atom is -0.462 e. The molecule has 1 atom stereocenters. The van der Waals surface area contributed by atoms with Crippen molar-refractivity contribution in [3.05, 3.63) is 170 Å². The number of hydrogen-bond acceptors (Lipinski definition) is 6. The lowest BCUT2D eigenvalue weighted by Gasteiger charge is -2.18. The molecule has 0 aromatic carbocycles. The van der Waals surface area contributed by atoms with Crippen molar-refractivity contribution in [2.24, 2.45) is 0 Å². The van der Waals surface area contributed by atoms with Crippen LogP contribution in [0.25, 0.3) is 0 Å². The average Bonchev–Trinajstić information content (AvgIpc) is 3.48. The molecule has 0 saturated carbocycles. The predicted molar refractivity (Wildman–Crippen MR) is 361 cm³/mol. The van der Waals surface area contributed by atoms with Gasteiger partial charge in [-0.3, -0.25) is 14.4 Å². The number of rotatable bonds is 59. The van der Waals surface area contributed by atoms with E-state index in [0.29, 0.717) is 19.3 Å². The highest BCUT2D eigenvalue weighted by molar-refractivity contribution is 5.71. The summed E-state index contributed by atoms with van der Waals surface area (Å²) in [5.74, 6) is -0.948. The molecule has 0 bridgehead atoms. The molecular formula is C77H122O6. The number of allylic oxidation sites excluding steroid dienone is 28. The molecular weight excluding hydrogens is 1020 g/mol. The van der Waals surface area contributed by atoms with Crippen molar-refractivity contribution >= 4 is 17.9 Å². The molecule has 0 heterocycles. The van der Waals surface area contributed by atoms with Crippen LogP contribution in [0.2, 0.25) is 0 Å². The first kappa shape index (κ1) is 77.8. The topological polar surface area (TPSA) is 78.9 Å². The third-order valence-electron chi connectivity index (χ3n) is 13.7. The molecule has 0 fully saturated rings. The van der Waals surface area contributed by atoms with E-state index in [1.807, 2.05) is 0 Å². The highest BCUT2D eigenvalue weighted by Crippen LogP contribution is 2.15. The molecule has 0 radical (unpaired) electrons. The van der Waals surface area contributed by atoms with Crippen molar-refractivity contribution in [3.63, 3.8) is 0 Å². The highest BCUT2D eigenvalue weighted by atomic mass is 16.6. The summed E-state index contributed by atoms with van der Waals surface area (Å²) in [6, 6.07) is 0. The smallest absolute Gasteiger partial charge is 0.306 e. The molecule has 0 N–H and O–H groups in total. The zero-order chi connectivity index (χ0) is 59.9. The number of unbranched alkanes of at least 4 members (excludes halogenated alkanes) is 20. The van der Waals surface area contributed by atoms with E-state index in [1.165, 1.54) is 77.0 Å². The quantitative estimate of drug-likeness (QED) is 0.0261. The summed E-state index contributed by atoms with van der Waals surface area (Å²) in [7, 11) is 0. The lowest BCUT2D eigenvalue weighted by molar-refractivity contribution is -0.167. The van der Waals surface area contributed by atoms with Crippen molar-refractivity contribution < 1.29 is 28.6 Å². The Hall–Kier alpha value is -5.23. The molecule has 0 aliphatic heterocycles. The van der Waals surface area contributed by atoms with Gasteiger partial charge in [0.1, 0.15) is 13.2 Å². The number of carbonyl (C=O) groups is 3. The fraction of sp³-hybridized carbons (Fsp3) is 0.597. The molecule has 0 aliphatic carbocycles. The molecule has 6 nitrogen and oxygen atoms in total. The van der Waals surface area contributed by atoms with Gasteiger partial charge in [0, 0.05) is 19.3 Å². The summed E-state index contributed by atoms with van der Waals surface area (Å²) in [6.07, 6.45) is 102. The van der Waals surface area contributed by atoms with Gasteiger partial charge in [-0.25, -0.2) is 0 Å². The van der Waals surface area contributed by atoms with Gasteiger partial charge in [0.15, 0.2) is 6.10 Å². The third-order valence-corrected chi connectivity index (χ3v) is 13.7. The summed E-state index contributed by atoms with van der Waals surface area (Å²) in [5, 5.41) is 0. The Morgan fingerprint density at radius 1 is 0.253 bits per heavy atom. The predicted octanol–water partition coefficient (Wildman–Crippen LogP) is 23.4. The van der Waals surface area contributed by atoms with Gasteiger partial charge in [0.25, 0.3) is 0 Å². The van der Waals surface area contributed by atoms with Crippen LogP contribution in [0.3, 0.4) is 0 Å². The minimum atomic E-state index is -0.809. The second-order valence-corrected chi connectivity index (χ2v) is 21.6. The second kappa shape index (κ2) is 69.3. The van der Waals surface area contributed by atoms with Gasteiger partial charge in [0.2, 0.25) is 0 Å². The van der Waals surface area contributed by atoms with Crippen LogP contribution in [0.1, 0.15) is 278 Å². The Morgan fingerprint density at radius 3 is 0.747 bits per heavy atom. The summed E-state index contributed by atoms with van der Waals surface area (Å²) in [6.45, 7) is 6.37. The zero-order valence-corrected chi connectivity index (χ0v) is 53.4. The Morgan fingerprint density at radius 2 is 0.470 bits per heavy atom. The summed E-state index contributed by atoms with van der Waals surface area (Å²) < 4.78 is 16.9. The zero-order valence-electron chi connectivity index (χ0n) is 53.4. The lowest BCUT2D eigenvalue weighted by Crippen LogP contribution is -2.30. The molecule has 0 saturated heterocycles. The van der Waals surface area contributed by atoms with Crippen LogP contribution in [0.15, 0.2) is 170 Å². The van der Waals surface area contributed by atoms with Gasteiger partial charge < -0.3 is 14.2 Å². The highest BCUT2D eigenvalue weighted by Gasteiger charge is 2.19. The van der Waals surface area contributed by atoms with E-state index in [-0.39, 0.29) is 37.5 Å². The van der Waals surface area contributed by atoms with E-state index >= 15 is 0 Å². The maximum atomic E-state index is 12.9. The second-order valence-electron chi connectivity index (χ2n) is 21.6. The standard InChI is InChI=1S/C77H122O6/c1-4-7-10-13-16-19-22-24-26-28-30-32-34-36-37-38-39-41-42-44-46-48-50-52-55-58-61-64-67-70-76(79)82-73-74(72-81-75(78)69-66-63-60-57-54-21-18-15-12-9-6-3)83-77(80)71-68-65-62-59-56-53-51-49-47-45-43-40-35-33-31-29-27-25-23-20-17-14-11-8-5-2/h7-8,10-11,16-17,19-20,24-27,30-33,36-37,39-41,43-44,46-47,49,53,56,74H,4-6,9,12-15,18,21-23,28-29,34-35,38,42,45,48,50-52,54-55,57-73H2,1-3H3/b10-7-,11-8-,19-16-,20-17-,26-24-,27-25-,32-30-,33-31-,37-36-,41-39-,43-40-,46-44-,49-47-,56-53-. The maximum Gasteiger partial charge on any atom is 0.306 e. The normalized spacial score (nSPS) is 13.2. The molecule has 0 rings (SSSR count). The Labute approximate surface area is 511 Å². The van der Waals surface area contributed by atoms with E-state index < -0.39 is 6.10 Å². The van der Waals surface area contributed by atoms with E-state index in [1.54, 1.807) is 0 Å². The molecule has 0 spiro atoms. The molecule has 0 amide bonds. The third kappa shape index (κ3) is 67.4. The summed E-state index contributed by atoms with van der Waals surface area (Å²) in [5.41, 5.74) is 0. The van der Waals surface area contributed by atoms with Gasteiger partial charge in [-0.15, -0.1) is 0 Å². The van der Waals surface area contributed by atoms with Crippen molar-refractivity contribution in [2.75, 3.05) is 13.2 Å². The van der Waals surface area contributed by atoms with Crippen molar-refractivity contribution in [1.29, 1.82) is 0 Å². The van der Waals surface area contributed by atoms with Crippen LogP contribution in [0.4, 0.5) is 0 Å². The van der Waals surface area contributed by atoms with Crippen molar-refractivity contribution in [3.8, 4) is 0 Å². The van der Waals surface area contributed by atoms with Crippen LogP contribution in [-0.4, -0.2) is 37.2 Å². The monoisotopic (exact) mass is 1140 g/mol. The molecule has 466 valence electrons.